The van der Waals surface area contributed by atoms with Crippen molar-refractivity contribution in [3.8, 4) is 0 Å². The Kier molecular flexibility index (Phi) is 5.54. The fourth-order valence-corrected chi connectivity index (χ4v) is 4.08. The summed E-state index contributed by atoms with van der Waals surface area (Å²) in [5, 5.41) is 8.89. The van der Waals surface area contributed by atoms with E-state index in [1.54, 1.807) is 4.90 Å². The lowest BCUT2D eigenvalue weighted by atomic mass is 9.93. The molecule has 1 aliphatic carbocycles. The number of rotatable bonds is 3. The van der Waals surface area contributed by atoms with Crippen molar-refractivity contribution in [3.05, 3.63) is 17.5 Å². The van der Waals surface area contributed by atoms with Crippen LogP contribution in [0.3, 0.4) is 0 Å². The molecule has 0 spiro atoms. The normalized spacial score (nSPS) is 22.6. The van der Waals surface area contributed by atoms with Crippen molar-refractivity contribution >= 4 is 28.3 Å². The number of nitrogens with one attached hydrogen (secondary N) is 2. The van der Waals surface area contributed by atoms with E-state index in [0.29, 0.717) is 12.6 Å². The van der Waals surface area contributed by atoms with Crippen LogP contribution in [0.25, 0.3) is 0 Å². The number of anilines is 1. The summed E-state index contributed by atoms with van der Waals surface area (Å²) in [4.78, 5) is 26.6. The second kappa shape index (κ2) is 7.81. The molecule has 2 N–H and O–H groups in total. The van der Waals surface area contributed by atoms with Crippen molar-refractivity contribution in [2.24, 2.45) is 5.92 Å². The molecule has 6 heteroatoms. The van der Waals surface area contributed by atoms with Gasteiger partial charge in [0.05, 0.1) is 10.9 Å². The molecule has 1 aromatic rings. The molecule has 2 fully saturated rings. The zero-order valence-corrected chi connectivity index (χ0v) is 14.2. The van der Waals surface area contributed by atoms with Crippen molar-refractivity contribution in [2.75, 3.05) is 18.4 Å². The van der Waals surface area contributed by atoms with Gasteiger partial charge in [-0.2, -0.15) is 0 Å². The Morgan fingerprint density at radius 2 is 1.96 bits per heavy atom. The Morgan fingerprint density at radius 3 is 2.70 bits per heavy atom. The maximum atomic E-state index is 12.5. The molecule has 23 heavy (non-hydrogen) atoms. The van der Waals surface area contributed by atoms with Crippen LogP contribution in [-0.2, 0) is 4.79 Å². The van der Waals surface area contributed by atoms with Crippen LogP contribution in [0.1, 0.15) is 44.9 Å². The maximum absolute atomic E-state index is 12.5. The summed E-state index contributed by atoms with van der Waals surface area (Å²) >= 11 is 1.51. The van der Waals surface area contributed by atoms with E-state index in [2.05, 4.69) is 10.6 Å². The molecule has 1 aromatic heterocycles. The summed E-state index contributed by atoms with van der Waals surface area (Å²) in [7, 11) is 0. The van der Waals surface area contributed by atoms with E-state index < -0.39 is 0 Å². The van der Waals surface area contributed by atoms with Gasteiger partial charge in [-0.15, -0.1) is 11.3 Å². The highest BCUT2D eigenvalue weighted by molar-refractivity contribution is 7.14. The fraction of sp³-hybridized carbons (Fsp3) is 0.647. The van der Waals surface area contributed by atoms with Gasteiger partial charge in [-0.3, -0.25) is 10.1 Å². The summed E-state index contributed by atoms with van der Waals surface area (Å²) in [6.07, 6.45) is 7.67. The predicted octanol–water partition coefficient (Wildman–Crippen LogP) is 3.44. The first-order valence-electron chi connectivity index (χ1n) is 8.62. The third kappa shape index (κ3) is 4.47. The first-order valence-corrected chi connectivity index (χ1v) is 9.50. The second-order valence-corrected chi connectivity index (χ2v) is 7.48. The van der Waals surface area contributed by atoms with Gasteiger partial charge in [0.1, 0.15) is 0 Å². The minimum absolute atomic E-state index is 0.0697. The molecule has 0 bridgehead atoms. The predicted molar refractivity (Wildman–Crippen MR) is 92.7 cm³/mol. The third-order valence-electron chi connectivity index (χ3n) is 4.78. The molecule has 1 atom stereocenters. The van der Waals surface area contributed by atoms with Gasteiger partial charge in [0, 0.05) is 19.1 Å². The van der Waals surface area contributed by atoms with Gasteiger partial charge in [0.25, 0.3) is 0 Å². The Hall–Kier alpha value is -1.56. The fourth-order valence-electron chi connectivity index (χ4n) is 3.48. The van der Waals surface area contributed by atoms with Crippen molar-refractivity contribution in [1.82, 2.24) is 10.2 Å². The molecule has 0 aromatic carbocycles. The van der Waals surface area contributed by atoms with Crippen molar-refractivity contribution in [1.29, 1.82) is 0 Å². The van der Waals surface area contributed by atoms with Crippen molar-refractivity contribution < 1.29 is 9.59 Å². The van der Waals surface area contributed by atoms with E-state index >= 15 is 0 Å². The number of likely N-dealkylation sites (tertiary alicyclic amines) is 1. The number of carbonyl (C=O) groups is 2. The Morgan fingerprint density at radius 1 is 1.13 bits per heavy atom. The highest BCUT2D eigenvalue weighted by atomic mass is 32.1. The number of hydrogen-bond donors (Lipinski definition) is 2. The van der Waals surface area contributed by atoms with Gasteiger partial charge in [0.2, 0.25) is 5.91 Å². The van der Waals surface area contributed by atoms with E-state index in [1.807, 2.05) is 17.5 Å². The first-order chi connectivity index (χ1) is 11.2. The quantitative estimate of drug-likeness (QED) is 0.889. The zero-order valence-electron chi connectivity index (χ0n) is 13.4. The van der Waals surface area contributed by atoms with Gasteiger partial charge < -0.3 is 10.2 Å². The lowest BCUT2D eigenvalue weighted by molar-refractivity contribution is -0.127. The van der Waals surface area contributed by atoms with Crippen molar-refractivity contribution in [2.45, 2.75) is 51.0 Å². The average Bonchev–Trinajstić information content (AvgIpc) is 3.09. The highest BCUT2D eigenvalue weighted by Gasteiger charge is 2.29. The SMILES string of the molecule is O=C(NC1CCCCC1)C1CCCN(C(=O)Nc2cccs2)C1. The smallest absolute Gasteiger partial charge is 0.322 e. The van der Waals surface area contributed by atoms with Crippen LogP contribution in [0.4, 0.5) is 9.80 Å². The number of carbonyl (C=O) groups excluding carboxylic acids is 2. The van der Waals surface area contributed by atoms with Gasteiger partial charge in [-0.25, -0.2) is 4.79 Å². The van der Waals surface area contributed by atoms with Crippen LogP contribution in [0, 0.1) is 5.92 Å². The molecule has 3 rings (SSSR count). The summed E-state index contributed by atoms with van der Waals surface area (Å²) in [5.74, 6) is 0.0604. The van der Waals surface area contributed by atoms with Crippen LogP contribution in [0.15, 0.2) is 17.5 Å². The molecular weight excluding hydrogens is 310 g/mol. The molecule has 3 amide bonds. The number of piperidine rings is 1. The lowest BCUT2D eigenvalue weighted by Gasteiger charge is -2.33. The summed E-state index contributed by atoms with van der Waals surface area (Å²) in [5.41, 5.74) is 0. The van der Waals surface area contributed by atoms with E-state index in [4.69, 9.17) is 0 Å². The molecular formula is C17H25N3O2S. The minimum atomic E-state index is -0.0948. The summed E-state index contributed by atoms with van der Waals surface area (Å²) < 4.78 is 0. The standard InChI is InChI=1S/C17H25N3O2S/c21-16(18-14-7-2-1-3-8-14)13-6-4-10-20(12-13)17(22)19-15-9-5-11-23-15/h5,9,11,13-14H,1-4,6-8,10,12H2,(H,18,21)(H,19,22). The average molecular weight is 335 g/mol. The number of thiophene rings is 1. The molecule has 1 unspecified atom stereocenters. The number of nitrogens with zero attached hydrogens (tertiary/aromatic N) is 1. The van der Waals surface area contributed by atoms with Crippen LogP contribution in [0.5, 0.6) is 0 Å². The Labute approximate surface area is 141 Å². The Balaban J connectivity index is 1.50. The highest BCUT2D eigenvalue weighted by Crippen LogP contribution is 2.22. The molecule has 126 valence electrons. The first kappa shape index (κ1) is 16.3. The largest absolute Gasteiger partial charge is 0.353 e. The number of amides is 3. The lowest BCUT2D eigenvalue weighted by Crippen LogP contribution is -2.48. The van der Waals surface area contributed by atoms with Crippen LogP contribution >= 0.6 is 11.3 Å². The van der Waals surface area contributed by atoms with Crippen LogP contribution in [0.2, 0.25) is 0 Å². The maximum Gasteiger partial charge on any atom is 0.322 e. The van der Waals surface area contributed by atoms with Crippen LogP contribution < -0.4 is 10.6 Å². The molecule has 2 heterocycles. The minimum Gasteiger partial charge on any atom is -0.353 e. The van der Waals surface area contributed by atoms with Gasteiger partial charge >= 0.3 is 6.03 Å². The van der Waals surface area contributed by atoms with Crippen molar-refractivity contribution in [3.63, 3.8) is 0 Å². The Bertz CT molecular complexity index is 526. The van der Waals surface area contributed by atoms with E-state index in [9.17, 15) is 9.59 Å². The molecule has 2 aliphatic rings. The van der Waals surface area contributed by atoms with Gasteiger partial charge in [-0.05, 0) is 43.2 Å². The van der Waals surface area contributed by atoms with Crippen LogP contribution in [-0.4, -0.2) is 36.0 Å². The molecule has 1 saturated heterocycles. The van der Waals surface area contributed by atoms with Gasteiger partial charge in [-0.1, -0.05) is 19.3 Å². The van der Waals surface area contributed by atoms with E-state index in [0.717, 1.165) is 37.2 Å². The third-order valence-corrected chi connectivity index (χ3v) is 5.57. The molecule has 5 nitrogen and oxygen atoms in total. The number of urea groups is 1. The summed E-state index contributed by atoms with van der Waals surface area (Å²) in [6.45, 7) is 1.25. The molecule has 1 saturated carbocycles. The molecule has 1 aliphatic heterocycles. The topological polar surface area (TPSA) is 61.4 Å². The second-order valence-electron chi connectivity index (χ2n) is 6.54. The van der Waals surface area contributed by atoms with E-state index in [-0.39, 0.29) is 17.9 Å². The zero-order chi connectivity index (χ0) is 16.1. The summed E-state index contributed by atoms with van der Waals surface area (Å²) in [6, 6.07) is 4.05. The molecule has 0 radical (unpaired) electrons. The monoisotopic (exact) mass is 335 g/mol. The van der Waals surface area contributed by atoms with Gasteiger partial charge in [0.15, 0.2) is 0 Å². The number of hydrogen-bond acceptors (Lipinski definition) is 3. The van der Waals surface area contributed by atoms with E-state index in [1.165, 1.54) is 30.6 Å².